The van der Waals surface area contributed by atoms with E-state index in [1.165, 1.54) is 11.8 Å². The highest BCUT2D eigenvalue weighted by Crippen LogP contribution is 2.34. The summed E-state index contributed by atoms with van der Waals surface area (Å²) in [5.41, 5.74) is 0.822. The Morgan fingerprint density at radius 1 is 1.19 bits per heavy atom. The maximum absolute atomic E-state index is 12.3. The summed E-state index contributed by atoms with van der Waals surface area (Å²) >= 11 is 7.60. The predicted octanol–water partition coefficient (Wildman–Crippen LogP) is 4.68. The monoisotopic (exact) mass is 402 g/mol. The number of benzene rings is 1. The van der Waals surface area contributed by atoms with E-state index in [1.807, 2.05) is 50.2 Å². The van der Waals surface area contributed by atoms with Gasteiger partial charge in [0.25, 0.3) is 5.91 Å². The van der Waals surface area contributed by atoms with Crippen molar-refractivity contribution in [2.45, 2.75) is 26.1 Å². The van der Waals surface area contributed by atoms with Crippen LogP contribution in [0.15, 0.2) is 50.7 Å². The van der Waals surface area contributed by atoms with E-state index in [1.54, 1.807) is 6.08 Å². The first-order valence-electron chi connectivity index (χ1n) is 8.77. The summed E-state index contributed by atoms with van der Waals surface area (Å²) in [5, 5.41) is 1.35. The second-order valence-electron chi connectivity index (χ2n) is 6.65. The van der Waals surface area contributed by atoms with Crippen LogP contribution in [0.3, 0.4) is 0 Å². The molecule has 0 aliphatic carbocycles. The van der Waals surface area contributed by atoms with Crippen molar-refractivity contribution in [1.82, 2.24) is 4.90 Å². The first-order valence-corrected chi connectivity index (χ1v) is 9.97. The number of furan rings is 1. The molecule has 3 heterocycles. The van der Waals surface area contributed by atoms with Gasteiger partial charge >= 0.3 is 0 Å². The molecule has 0 radical (unpaired) electrons. The number of hydrogen-bond donors (Lipinski definition) is 0. The van der Waals surface area contributed by atoms with E-state index in [4.69, 9.17) is 20.8 Å². The molecule has 1 amide bonds. The highest BCUT2D eigenvalue weighted by molar-refractivity contribution is 8.18. The number of carbonyl (C=O) groups excluding carboxylic acids is 1. The molecule has 7 heteroatoms. The lowest BCUT2D eigenvalue weighted by Gasteiger charge is -2.35. The van der Waals surface area contributed by atoms with Gasteiger partial charge in [0, 0.05) is 24.7 Å². The average Bonchev–Trinajstić information content (AvgIpc) is 3.22. The van der Waals surface area contributed by atoms with Gasteiger partial charge in [0.2, 0.25) is 0 Å². The zero-order valence-corrected chi connectivity index (χ0v) is 16.6. The summed E-state index contributed by atoms with van der Waals surface area (Å²) in [6, 6.07) is 11.2. The first kappa shape index (κ1) is 18.3. The van der Waals surface area contributed by atoms with Crippen LogP contribution >= 0.6 is 23.4 Å². The molecule has 2 aromatic rings. The molecule has 1 fully saturated rings. The van der Waals surface area contributed by atoms with Crippen molar-refractivity contribution in [1.29, 1.82) is 0 Å². The average molecular weight is 403 g/mol. The molecule has 1 aromatic carbocycles. The number of ether oxygens (including phenoxy) is 1. The minimum atomic E-state index is -0.238. The Kier molecular flexibility index (Phi) is 5.12. The lowest BCUT2D eigenvalue weighted by Crippen LogP contribution is -2.47. The largest absolute Gasteiger partial charge is 0.457 e. The van der Waals surface area contributed by atoms with E-state index in [9.17, 15) is 4.79 Å². The number of halogens is 1. The molecular weight excluding hydrogens is 384 g/mol. The summed E-state index contributed by atoms with van der Waals surface area (Å²) in [5.74, 6) is 1.03. The lowest BCUT2D eigenvalue weighted by atomic mass is 10.2. The van der Waals surface area contributed by atoms with E-state index < -0.39 is 0 Å². The van der Waals surface area contributed by atoms with Crippen molar-refractivity contribution in [2.24, 2.45) is 4.99 Å². The van der Waals surface area contributed by atoms with Crippen molar-refractivity contribution in [3.63, 3.8) is 0 Å². The van der Waals surface area contributed by atoms with Crippen LogP contribution in [-0.2, 0) is 9.53 Å². The molecule has 0 spiro atoms. The molecule has 2 aliphatic heterocycles. The summed E-state index contributed by atoms with van der Waals surface area (Å²) in [7, 11) is 0. The van der Waals surface area contributed by atoms with E-state index >= 15 is 0 Å². The van der Waals surface area contributed by atoms with Crippen LogP contribution < -0.4 is 0 Å². The van der Waals surface area contributed by atoms with Crippen molar-refractivity contribution >= 4 is 40.5 Å². The van der Waals surface area contributed by atoms with Crippen LogP contribution in [0.2, 0.25) is 5.02 Å². The Morgan fingerprint density at radius 2 is 1.93 bits per heavy atom. The number of amidine groups is 1. The van der Waals surface area contributed by atoms with Crippen molar-refractivity contribution in [3.8, 4) is 11.3 Å². The Balaban J connectivity index is 1.51. The number of aliphatic imine (C=N–C) groups is 1. The predicted molar refractivity (Wildman–Crippen MR) is 109 cm³/mol. The lowest BCUT2D eigenvalue weighted by molar-refractivity contribution is -0.113. The molecule has 1 saturated heterocycles. The Morgan fingerprint density at radius 3 is 2.67 bits per heavy atom. The van der Waals surface area contributed by atoms with E-state index in [0.29, 0.717) is 21.4 Å². The maximum atomic E-state index is 12.3. The number of thioether (sulfide) groups is 1. The van der Waals surface area contributed by atoms with Crippen molar-refractivity contribution in [2.75, 3.05) is 13.1 Å². The third-order valence-electron chi connectivity index (χ3n) is 4.34. The normalized spacial score (nSPS) is 24.6. The van der Waals surface area contributed by atoms with Gasteiger partial charge in [-0.15, -0.1) is 0 Å². The van der Waals surface area contributed by atoms with Crippen LogP contribution in [0, 0.1) is 0 Å². The third-order valence-corrected chi connectivity index (χ3v) is 5.71. The van der Waals surface area contributed by atoms with Gasteiger partial charge in [0.1, 0.15) is 11.5 Å². The number of nitrogens with zero attached hydrogens (tertiary/aromatic N) is 2. The molecule has 5 nitrogen and oxygen atoms in total. The number of hydrogen-bond acceptors (Lipinski definition) is 5. The quantitative estimate of drug-likeness (QED) is 0.682. The first-order chi connectivity index (χ1) is 13.0. The Hall–Kier alpha value is -2.02. The molecule has 2 aliphatic rings. The fourth-order valence-electron chi connectivity index (χ4n) is 3.23. The van der Waals surface area contributed by atoms with Crippen molar-refractivity contribution < 1.29 is 13.9 Å². The second kappa shape index (κ2) is 7.54. The summed E-state index contributed by atoms with van der Waals surface area (Å²) < 4.78 is 11.6. The van der Waals surface area contributed by atoms with Gasteiger partial charge in [-0.05, 0) is 49.9 Å². The number of amides is 1. The summed E-state index contributed by atoms with van der Waals surface area (Å²) in [4.78, 5) is 19.2. The summed E-state index contributed by atoms with van der Waals surface area (Å²) in [6.07, 6.45) is 1.96. The molecule has 0 saturated carbocycles. The summed E-state index contributed by atoms with van der Waals surface area (Å²) in [6.45, 7) is 5.52. The number of carbonyl (C=O) groups is 1. The van der Waals surface area contributed by atoms with Gasteiger partial charge in [-0.1, -0.05) is 23.7 Å². The van der Waals surface area contributed by atoms with Crippen LogP contribution in [-0.4, -0.2) is 41.3 Å². The van der Waals surface area contributed by atoms with Crippen LogP contribution in [0.5, 0.6) is 0 Å². The molecular formula is C20H19ClN2O3S. The fourth-order valence-corrected chi connectivity index (χ4v) is 4.37. The van der Waals surface area contributed by atoms with Gasteiger partial charge < -0.3 is 14.1 Å². The van der Waals surface area contributed by atoms with Crippen LogP contribution in [0.4, 0.5) is 0 Å². The molecule has 2 unspecified atom stereocenters. The molecule has 0 N–H and O–H groups in total. The Labute approximate surface area is 167 Å². The molecule has 1 aromatic heterocycles. The minimum absolute atomic E-state index is 0.114. The second-order valence-corrected chi connectivity index (χ2v) is 8.07. The minimum Gasteiger partial charge on any atom is -0.457 e. The molecule has 140 valence electrons. The van der Waals surface area contributed by atoms with Crippen LogP contribution in [0.25, 0.3) is 17.4 Å². The van der Waals surface area contributed by atoms with Crippen LogP contribution in [0.1, 0.15) is 19.6 Å². The number of rotatable bonds is 2. The van der Waals surface area contributed by atoms with Crippen molar-refractivity contribution in [3.05, 3.63) is 52.1 Å². The fraction of sp³-hybridized carbons (Fsp3) is 0.300. The molecule has 0 bridgehead atoms. The number of morpholine rings is 1. The van der Waals surface area contributed by atoms with Gasteiger partial charge in [-0.2, -0.15) is 4.99 Å². The van der Waals surface area contributed by atoms with E-state index in [0.717, 1.165) is 23.8 Å². The molecule has 4 rings (SSSR count). The Bertz CT molecular complexity index is 927. The molecule has 2 atom stereocenters. The highest BCUT2D eigenvalue weighted by atomic mass is 35.5. The smallest absolute Gasteiger partial charge is 0.286 e. The van der Waals surface area contributed by atoms with E-state index in [-0.39, 0.29) is 18.1 Å². The standard InChI is InChI=1S/C20H19ClN2O3S/c1-12-10-23(11-13(2)25-12)20-22-19(24)18(27-20)9-14-7-8-17(26-14)15-5-3-4-6-16(15)21/h3-9,12-13H,10-11H2,1-2H3/b18-9+. The van der Waals surface area contributed by atoms with Gasteiger partial charge in [-0.25, -0.2) is 0 Å². The van der Waals surface area contributed by atoms with Gasteiger partial charge in [0.05, 0.1) is 22.1 Å². The SMILES string of the molecule is CC1CN(C2=NC(=O)/C(=C\c3ccc(-c4ccccc4Cl)o3)S2)CC(C)O1. The van der Waals surface area contributed by atoms with Gasteiger partial charge in [0.15, 0.2) is 5.17 Å². The maximum Gasteiger partial charge on any atom is 0.286 e. The topological polar surface area (TPSA) is 55.0 Å². The molecule has 27 heavy (non-hydrogen) atoms. The van der Waals surface area contributed by atoms with E-state index in [2.05, 4.69) is 9.89 Å². The zero-order chi connectivity index (χ0) is 19.0. The van der Waals surface area contributed by atoms with Gasteiger partial charge in [-0.3, -0.25) is 4.79 Å². The highest BCUT2D eigenvalue weighted by Gasteiger charge is 2.31. The zero-order valence-electron chi connectivity index (χ0n) is 15.0. The third kappa shape index (κ3) is 3.98.